The van der Waals surface area contributed by atoms with Crippen LogP contribution in [0, 0.1) is 41.5 Å². The predicted octanol–water partition coefficient (Wildman–Crippen LogP) is 3.31. The maximum atomic E-state index is 13.0. The first-order valence-corrected chi connectivity index (χ1v) is 13.1. The first-order chi connectivity index (χ1) is 16.2. The Hall–Kier alpha value is -2.40. The minimum absolute atomic E-state index is 0.0563. The summed E-state index contributed by atoms with van der Waals surface area (Å²) < 4.78 is 3.66. The highest BCUT2D eigenvalue weighted by atomic mass is 32.1. The average Bonchev–Trinajstić information content (AvgIpc) is 3.27. The molecule has 180 valence electrons. The van der Waals surface area contributed by atoms with Crippen LogP contribution >= 0.6 is 23.1 Å². The van der Waals surface area contributed by atoms with E-state index in [1.807, 2.05) is 49.5 Å². The molecule has 5 rings (SSSR count). The third-order valence-electron chi connectivity index (χ3n) is 7.32. The minimum atomic E-state index is 0.0563. The lowest BCUT2D eigenvalue weighted by Crippen LogP contribution is -2.48. The molecule has 0 aromatic carbocycles. The topological polar surface area (TPSA) is 76.3 Å². The number of rotatable bonds is 4. The Morgan fingerprint density at radius 1 is 0.618 bits per heavy atom. The number of aromatic nitrogens is 4. The fraction of sp³-hybridized carbons (Fsp3) is 0.500. The SMILES string of the molecule is Cc1nc2sn(CN3CCN(Cn4sc5nc(C)c(C)c(C)c5c4=O)CC3)c(=O)c2c(C)c1C. The minimum Gasteiger partial charge on any atom is -0.282 e. The number of hydrogen-bond donors (Lipinski definition) is 0. The van der Waals surface area contributed by atoms with E-state index in [2.05, 4.69) is 19.8 Å². The summed E-state index contributed by atoms with van der Waals surface area (Å²) in [5, 5.41) is 1.51. The Morgan fingerprint density at radius 2 is 0.971 bits per heavy atom. The van der Waals surface area contributed by atoms with Gasteiger partial charge in [-0.1, -0.05) is 0 Å². The molecule has 1 saturated heterocycles. The summed E-state index contributed by atoms with van der Waals surface area (Å²) in [7, 11) is 0. The highest BCUT2D eigenvalue weighted by molar-refractivity contribution is 7.13. The fourth-order valence-corrected chi connectivity index (χ4v) is 6.85. The molecule has 0 saturated carbocycles. The molecule has 4 aromatic heterocycles. The molecule has 4 aromatic rings. The van der Waals surface area contributed by atoms with Gasteiger partial charge in [-0.05, 0) is 86.9 Å². The molecule has 5 heterocycles. The van der Waals surface area contributed by atoms with Crippen molar-refractivity contribution in [1.29, 1.82) is 0 Å². The molecule has 0 spiro atoms. The van der Waals surface area contributed by atoms with Crippen molar-refractivity contribution in [1.82, 2.24) is 27.7 Å². The molecular weight excluding hydrogens is 468 g/mol. The molecule has 1 aliphatic heterocycles. The quantitative estimate of drug-likeness (QED) is 0.430. The second kappa shape index (κ2) is 8.67. The first-order valence-electron chi connectivity index (χ1n) is 11.6. The maximum absolute atomic E-state index is 13.0. The van der Waals surface area contributed by atoms with Gasteiger partial charge >= 0.3 is 0 Å². The molecule has 8 nitrogen and oxygen atoms in total. The number of pyridine rings is 2. The van der Waals surface area contributed by atoms with Crippen molar-refractivity contribution in [3.63, 3.8) is 0 Å². The largest absolute Gasteiger partial charge is 0.282 e. The lowest BCUT2D eigenvalue weighted by atomic mass is 10.1. The molecule has 1 fully saturated rings. The molecule has 0 bridgehead atoms. The Balaban J connectivity index is 1.29. The summed E-state index contributed by atoms with van der Waals surface area (Å²) in [5.74, 6) is 0. The van der Waals surface area contributed by atoms with Crippen LogP contribution in [0.2, 0.25) is 0 Å². The van der Waals surface area contributed by atoms with Crippen molar-refractivity contribution < 1.29 is 0 Å². The van der Waals surface area contributed by atoms with Crippen LogP contribution in [0.1, 0.15) is 33.6 Å². The van der Waals surface area contributed by atoms with Crippen molar-refractivity contribution in [3.8, 4) is 0 Å². The van der Waals surface area contributed by atoms with E-state index in [4.69, 9.17) is 0 Å². The van der Waals surface area contributed by atoms with Crippen LogP contribution in [0.25, 0.3) is 20.4 Å². The number of piperazine rings is 1. The Bertz CT molecular complexity index is 1420. The van der Waals surface area contributed by atoms with Gasteiger partial charge in [0.15, 0.2) is 0 Å². The smallest absolute Gasteiger partial charge is 0.271 e. The molecule has 1 aliphatic rings. The number of fused-ring (bicyclic) bond motifs is 2. The molecule has 0 unspecified atom stereocenters. The lowest BCUT2D eigenvalue weighted by molar-refractivity contribution is 0.0913. The fourth-order valence-electron chi connectivity index (χ4n) is 4.62. The van der Waals surface area contributed by atoms with Crippen molar-refractivity contribution in [3.05, 3.63) is 54.3 Å². The van der Waals surface area contributed by atoms with Gasteiger partial charge in [-0.25, -0.2) is 17.9 Å². The van der Waals surface area contributed by atoms with Crippen LogP contribution < -0.4 is 11.1 Å². The summed E-state index contributed by atoms with van der Waals surface area (Å²) in [4.78, 5) is 41.6. The summed E-state index contributed by atoms with van der Waals surface area (Å²) in [5.41, 5.74) is 6.35. The molecule has 34 heavy (non-hydrogen) atoms. The van der Waals surface area contributed by atoms with Gasteiger partial charge in [0.05, 0.1) is 24.1 Å². The van der Waals surface area contributed by atoms with Crippen molar-refractivity contribution >= 4 is 43.5 Å². The van der Waals surface area contributed by atoms with Crippen molar-refractivity contribution in [2.45, 2.75) is 54.9 Å². The Labute approximate surface area is 206 Å². The Kier molecular flexibility index (Phi) is 5.96. The van der Waals surface area contributed by atoms with Gasteiger partial charge in [0.2, 0.25) is 0 Å². The second-order valence-electron chi connectivity index (χ2n) is 9.32. The normalized spacial score (nSPS) is 15.7. The van der Waals surface area contributed by atoms with Crippen LogP contribution in [0.15, 0.2) is 9.59 Å². The maximum Gasteiger partial charge on any atom is 0.271 e. The van der Waals surface area contributed by atoms with Crippen molar-refractivity contribution in [2.24, 2.45) is 0 Å². The molecule has 0 radical (unpaired) electrons. The zero-order chi connectivity index (χ0) is 24.3. The number of hydrogen-bond acceptors (Lipinski definition) is 8. The molecular formula is C24H30N6O2S2. The summed E-state index contributed by atoms with van der Waals surface area (Å²) in [6.07, 6.45) is 0. The third kappa shape index (κ3) is 3.82. The van der Waals surface area contributed by atoms with E-state index < -0.39 is 0 Å². The van der Waals surface area contributed by atoms with Gasteiger partial charge in [0.1, 0.15) is 9.66 Å². The van der Waals surface area contributed by atoms with Gasteiger partial charge in [0.25, 0.3) is 11.1 Å². The standard InChI is InChI=1S/C24H30N6O2S2/c1-13-15(3)19-21(25-17(13)5)33-29(23(19)31)11-27-7-9-28(10-8-27)12-30-24(32)20-16(4)14(2)18(6)26-22(20)34-30/h7-12H2,1-6H3. The molecule has 0 aliphatic carbocycles. The number of aryl methyl sites for hydroxylation is 4. The summed E-state index contributed by atoms with van der Waals surface area (Å²) >= 11 is 2.91. The van der Waals surface area contributed by atoms with Gasteiger partial charge in [-0.15, -0.1) is 0 Å². The summed E-state index contributed by atoms with van der Waals surface area (Å²) in [6.45, 7) is 16.6. The molecule has 0 amide bonds. The summed E-state index contributed by atoms with van der Waals surface area (Å²) in [6, 6.07) is 0. The van der Waals surface area contributed by atoms with E-state index >= 15 is 0 Å². The second-order valence-corrected chi connectivity index (χ2v) is 11.3. The van der Waals surface area contributed by atoms with Gasteiger partial charge in [0, 0.05) is 37.6 Å². The van der Waals surface area contributed by atoms with E-state index in [0.717, 1.165) is 80.3 Å². The third-order valence-corrected chi connectivity index (χ3v) is 9.26. The predicted molar refractivity (Wildman–Crippen MR) is 139 cm³/mol. The van der Waals surface area contributed by atoms with Crippen LogP contribution in [0.5, 0.6) is 0 Å². The number of nitrogens with zero attached hydrogens (tertiary/aromatic N) is 6. The van der Waals surface area contributed by atoms with E-state index in [9.17, 15) is 9.59 Å². The zero-order valence-corrected chi connectivity index (χ0v) is 22.2. The van der Waals surface area contributed by atoms with E-state index in [1.54, 1.807) is 0 Å². The molecule has 0 N–H and O–H groups in total. The van der Waals surface area contributed by atoms with E-state index in [0.29, 0.717) is 13.3 Å². The highest BCUT2D eigenvalue weighted by Crippen LogP contribution is 2.24. The van der Waals surface area contributed by atoms with Crippen LogP contribution in [-0.2, 0) is 13.3 Å². The van der Waals surface area contributed by atoms with E-state index in [1.165, 1.54) is 23.1 Å². The van der Waals surface area contributed by atoms with Gasteiger partial charge < -0.3 is 0 Å². The Morgan fingerprint density at radius 3 is 1.32 bits per heavy atom. The lowest BCUT2D eigenvalue weighted by Gasteiger charge is -2.34. The van der Waals surface area contributed by atoms with Gasteiger partial charge in [-0.2, -0.15) is 0 Å². The average molecular weight is 499 g/mol. The van der Waals surface area contributed by atoms with Crippen LogP contribution in [0.3, 0.4) is 0 Å². The first kappa shape index (κ1) is 23.3. The highest BCUT2D eigenvalue weighted by Gasteiger charge is 2.22. The zero-order valence-electron chi connectivity index (χ0n) is 20.6. The van der Waals surface area contributed by atoms with Crippen LogP contribution in [0.4, 0.5) is 0 Å². The van der Waals surface area contributed by atoms with Gasteiger partial charge in [-0.3, -0.25) is 19.4 Å². The molecule has 0 atom stereocenters. The van der Waals surface area contributed by atoms with Crippen LogP contribution in [-0.4, -0.2) is 53.9 Å². The molecule has 10 heteroatoms. The van der Waals surface area contributed by atoms with Crippen molar-refractivity contribution in [2.75, 3.05) is 26.2 Å². The monoisotopic (exact) mass is 498 g/mol. The van der Waals surface area contributed by atoms with E-state index in [-0.39, 0.29) is 11.1 Å².